The second-order valence-electron chi connectivity index (χ2n) is 7.84. The second-order valence-corrected chi connectivity index (χ2v) is 7.84. The molecule has 1 heterocycles. The summed E-state index contributed by atoms with van der Waals surface area (Å²) in [6.07, 6.45) is 0. The normalized spacial score (nSPS) is 14.5. The molecule has 0 radical (unpaired) electrons. The molecule has 0 bridgehead atoms. The summed E-state index contributed by atoms with van der Waals surface area (Å²) < 4.78 is 0. The molecule has 0 spiro atoms. The second kappa shape index (κ2) is 9.04. The van der Waals surface area contributed by atoms with Crippen molar-refractivity contribution < 1.29 is 19.3 Å². The van der Waals surface area contributed by atoms with Crippen LogP contribution in [0.2, 0.25) is 0 Å². The summed E-state index contributed by atoms with van der Waals surface area (Å²) in [5, 5.41) is 14.1. The van der Waals surface area contributed by atoms with Crippen LogP contribution in [-0.2, 0) is 4.79 Å². The van der Waals surface area contributed by atoms with E-state index < -0.39 is 35.2 Å². The van der Waals surface area contributed by atoms with Crippen LogP contribution in [-0.4, -0.2) is 34.1 Å². The van der Waals surface area contributed by atoms with Crippen molar-refractivity contribution in [2.75, 3.05) is 6.54 Å². The minimum Gasteiger partial charge on any atom is -0.347 e. The van der Waals surface area contributed by atoms with E-state index in [1.807, 2.05) is 37.3 Å². The lowest BCUT2D eigenvalue weighted by atomic mass is 9.88. The highest BCUT2D eigenvalue weighted by atomic mass is 16.6. The number of imide groups is 1. The minimum absolute atomic E-state index is 0.0384. The Morgan fingerprint density at radius 3 is 2.09 bits per heavy atom. The fourth-order valence-corrected chi connectivity index (χ4v) is 4.02. The highest BCUT2D eigenvalue weighted by molar-refractivity contribution is 6.22. The highest BCUT2D eigenvalue weighted by Crippen LogP contribution is 2.32. The maximum Gasteiger partial charge on any atom is 0.269 e. The van der Waals surface area contributed by atoms with Gasteiger partial charge < -0.3 is 5.32 Å². The molecule has 8 heteroatoms. The number of carbonyl (C=O) groups is 3. The molecule has 1 aliphatic heterocycles. The number of non-ortho nitro benzene ring substituents is 1. The number of fused-ring (bicyclic) bond motifs is 1. The molecule has 8 nitrogen and oxygen atoms in total. The number of hydrogen-bond donors (Lipinski definition) is 1. The topological polar surface area (TPSA) is 110 Å². The third-order valence-electron chi connectivity index (χ3n) is 5.76. The van der Waals surface area contributed by atoms with E-state index in [-0.39, 0.29) is 22.7 Å². The van der Waals surface area contributed by atoms with Gasteiger partial charge in [0.15, 0.2) is 0 Å². The van der Waals surface area contributed by atoms with Crippen molar-refractivity contribution in [3.8, 4) is 0 Å². The van der Waals surface area contributed by atoms with Crippen LogP contribution in [0, 0.1) is 10.1 Å². The van der Waals surface area contributed by atoms with Gasteiger partial charge >= 0.3 is 0 Å². The standard InChI is InChI=1S/C25H21N3O5/c1-16(18-10-7-11-19(14-18)28(32)33)23(17-8-3-2-4-9-17)26-22(29)15-27-24(30)20-12-5-6-13-21(20)25(27)31/h2-14,16,23H,15H2,1H3,(H,26,29). The molecule has 0 saturated carbocycles. The van der Waals surface area contributed by atoms with Gasteiger partial charge in [-0.1, -0.05) is 61.5 Å². The van der Waals surface area contributed by atoms with Crippen LogP contribution < -0.4 is 5.32 Å². The smallest absolute Gasteiger partial charge is 0.269 e. The molecular formula is C25H21N3O5. The Bertz CT molecular complexity index is 1210. The summed E-state index contributed by atoms with van der Waals surface area (Å²) in [6, 6.07) is 21.4. The molecule has 3 amide bonds. The average Bonchev–Trinajstić information content (AvgIpc) is 3.07. The Morgan fingerprint density at radius 2 is 1.48 bits per heavy atom. The Morgan fingerprint density at radius 1 is 0.909 bits per heavy atom. The third-order valence-corrected chi connectivity index (χ3v) is 5.76. The number of rotatable bonds is 7. The van der Waals surface area contributed by atoms with E-state index in [0.717, 1.165) is 10.5 Å². The van der Waals surface area contributed by atoms with Crippen molar-refractivity contribution in [2.24, 2.45) is 0 Å². The molecule has 3 aromatic rings. The predicted octanol–water partition coefficient (Wildman–Crippen LogP) is 3.85. The Balaban J connectivity index is 1.57. The molecule has 166 valence electrons. The first-order chi connectivity index (χ1) is 15.9. The van der Waals surface area contributed by atoms with Crippen LogP contribution in [0.5, 0.6) is 0 Å². The summed E-state index contributed by atoms with van der Waals surface area (Å²) in [6.45, 7) is 1.44. The van der Waals surface area contributed by atoms with Crippen molar-refractivity contribution in [3.05, 3.63) is 111 Å². The van der Waals surface area contributed by atoms with E-state index in [4.69, 9.17) is 0 Å². The largest absolute Gasteiger partial charge is 0.347 e. The molecule has 0 saturated heterocycles. The van der Waals surface area contributed by atoms with Crippen LogP contribution in [0.1, 0.15) is 50.7 Å². The van der Waals surface area contributed by atoms with Gasteiger partial charge in [0, 0.05) is 18.1 Å². The van der Waals surface area contributed by atoms with E-state index in [0.29, 0.717) is 5.56 Å². The monoisotopic (exact) mass is 443 g/mol. The number of nitro groups is 1. The summed E-state index contributed by atoms with van der Waals surface area (Å²) >= 11 is 0. The predicted molar refractivity (Wildman–Crippen MR) is 121 cm³/mol. The number of nitro benzene ring substituents is 1. The number of amides is 3. The van der Waals surface area contributed by atoms with Gasteiger partial charge in [0.25, 0.3) is 17.5 Å². The number of nitrogens with one attached hydrogen (secondary N) is 1. The molecule has 2 atom stereocenters. The SMILES string of the molecule is CC(c1cccc([N+](=O)[O-])c1)C(NC(=O)CN1C(=O)c2ccccc2C1=O)c1ccccc1. The average molecular weight is 443 g/mol. The molecule has 4 rings (SSSR count). The first kappa shape index (κ1) is 21.9. The first-order valence-electron chi connectivity index (χ1n) is 10.4. The highest BCUT2D eigenvalue weighted by Gasteiger charge is 2.36. The van der Waals surface area contributed by atoms with E-state index in [1.165, 1.54) is 12.1 Å². The van der Waals surface area contributed by atoms with Crippen molar-refractivity contribution >= 4 is 23.4 Å². The number of nitrogens with zero attached hydrogens (tertiary/aromatic N) is 2. The van der Waals surface area contributed by atoms with Gasteiger partial charge in [-0.3, -0.25) is 29.4 Å². The van der Waals surface area contributed by atoms with Crippen molar-refractivity contribution in [1.29, 1.82) is 0 Å². The minimum atomic E-state index is -0.532. The van der Waals surface area contributed by atoms with Gasteiger partial charge in [0.1, 0.15) is 6.54 Å². The van der Waals surface area contributed by atoms with Gasteiger partial charge in [-0.25, -0.2) is 0 Å². The van der Waals surface area contributed by atoms with Crippen LogP contribution in [0.25, 0.3) is 0 Å². The molecule has 1 N–H and O–H groups in total. The molecule has 3 aromatic carbocycles. The Labute approximate surface area is 190 Å². The van der Waals surface area contributed by atoms with Gasteiger partial charge in [-0.2, -0.15) is 0 Å². The zero-order valence-electron chi connectivity index (χ0n) is 17.8. The van der Waals surface area contributed by atoms with Gasteiger partial charge in [-0.05, 0) is 23.3 Å². The zero-order valence-corrected chi connectivity index (χ0v) is 17.8. The van der Waals surface area contributed by atoms with E-state index >= 15 is 0 Å². The van der Waals surface area contributed by atoms with E-state index in [1.54, 1.807) is 36.4 Å². The van der Waals surface area contributed by atoms with Crippen LogP contribution in [0.15, 0.2) is 78.9 Å². The quantitative estimate of drug-likeness (QED) is 0.339. The molecule has 0 aliphatic carbocycles. The summed E-state index contributed by atoms with van der Waals surface area (Å²) in [5.41, 5.74) is 1.99. The molecular weight excluding hydrogens is 422 g/mol. The van der Waals surface area contributed by atoms with E-state index in [2.05, 4.69) is 5.32 Å². The molecule has 0 fully saturated rings. The Hall–Kier alpha value is -4.33. The summed E-state index contributed by atoms with van der Waals surface area (Å²) in [7, 11) is 0. The van der Waals surface area contributed by atoms with E-state index in [9.17, 15) is 24.5 Å². The van der Waals surface area contributed by atoms with Gasteiger partial charge in [-0.15, -0.1) is 0 Å². The fraction of sp³-hybridized carbons (Fsp3) is 0.160. The molecule has 33 heavy (non-hydrogen) atoms. The molecule has 2 unspecified atom stereocenters. The molecule has 0 aromatic heterocycles. The maximum absolute atomic E-state index is 13.0. The fourth-order valence-electron chi connectivity index (χ4n) is 4.02. The lowest BCUT2D eigenvalue weighted by Crippen LogP contribution is -2.42. The summed E-state index contributed by atoms with van der Waals surface area (Å²) in [5.74, 6) is -1.84. The van der Waals surface area contributed by atoms with Gasteiger partial charge in [0.05, 0.1) is 22.1 Å². The van der Waals surface area contributed by atoms with Crippen LogP contribution in [0.4, 0.5) is 5.69 Å². The number of benzene rings is 3. The first-order valence-corrected chi connectivity index (χ1v) is 10.4. The lowest BCUT2D eigenvalue weighted by Gasteiger charge is -2.27. The van der Waals surface area contributed by atoms with Crippen molar-refractivity contribution in [2.45, 2.75) is 18.9 Å². The van der Waals surface area contributed by atoms with Gasteiger partial charge in [0.2, 0.25) is 5.91 Å². The maximum atomic E-state index is 13.0. The van der Waals surface area contributed by atoms with Crippen LogP contribution in [0.3, 0.4) is 0 Å². The molecule has 1 aliphatic rings. The summed E-state index contributed by atoms with van der Waals surface area (Å²) in [4.78, 5) is 49.9. The third kappa shape index (κ3) is 4.36. The van der Waals surface area contributed by atoms with Crippen molar-refractivity contribution in [3.63, 3.8) is 0 Å². The lowest BCUT2D eigenvalue weighted by molar-refractivity contribution is -0.384. The number of hydrogen-bond acceptors (Lipinski definition) is 5. The Kier molecular flexibility index (Phi) is 5.99. The van der Waals surface area contributed by atoms with Crippen LogP contribution >= 0.6 is 0 Å². The van der Waals surface area contributed by atoms with Crippen molar-refractivity contribution in [1.82, 2.24) is 10.2 Å². The number of carbonyl (C=O) groups excluding carboxylic acids is 3. The zero-order chi connectivity index (χ0) is 23.5.